The van der Waals surface area contributed by atoms with Gasteiger partial charge in [0.15, 0.2) is 0 Å². The van der Waals surface area contributed by atoms with E-state index in [-0.39, 0.29) is 6.42 Å². The standard InChI is InChI=1S/C12H17F3N2S/c13-12(14,15)9-5-2-1-4-8(9)11(17-16)10-6-3-7-18-10/h3,6-9,11,17H,1-2,4-5,16H2. The van der Waals surface area contributed by atoms with Crippen LogP contribution in [0.25, 0.3) is 0 Å². The van der Waals surface area contributed by atoms with Crippen LogP contribution < -0.4 is 11.3 Å². The molecule has 3 N–H and O–H groups in total. The minimum Gasteiger partial charge on any atom is -0.271 e. The Labute approximate surface area is 108 Å². The van der Waals surface area contributed by atoms with Gasteiger partial charge in [0.2, 0.25) is 0 Å². The van der Waals surface area contributed by atoms with Gasteiger partial charge in [-0.2, -0.15) is 13.2 Å². The van der Waals surface area contributed by atoms with E-state index in [2.05, 4.69) is 5.43 Å². The second kappa shape index (κ2) is 5.59. The smallest absolute Gasteiger partial charge is 0.271 e. The molecular formula is C12H17F3N2S. The van der Waals surface area contributed by atoms with Crippen LogP contribution in [0, 0.1) is 11.8 Å². The van der Waals surface area contributed by atoms with Crippen molar-refractivity contribution in [3.8, 4) is 0 Å². The molecule has 2 rings (SSSR count). The van der Waals surface area contributed by atoms with Gasteiger partial charge < -0.3 is 0 Å². The van der Waals surface area contributed by atoms with Crippen LogP contribution >= 0.6 is 11.3 Å². The summed E-state index contributed by atoms with van der Waals surface area (Å²) in [6.45, 7) is 0. The highest BCUT2D eigenvalue weighted by molar-refractivity contribution is 7.10. The average molecular weight is 278 g/mol. The maximum Gasteiger partial charge on any atom is 0.392 e. The van der Waals surface area contributed by atoms with Gasteiger partial charge >= 0.3 is 6.18 Å². The van der Waals surface area contributed by atoms with Crippen LogP contribution in [0.4, 0.5) is 13.2 Å². The lowest BCUT2D eigenvalue weighted by Gasteiger charge is -2.37. The third-order valence-corrected chi connectivity index (χ3v) is 4.65. The average Bonchev–Trinajstić information content (AvgIpc) is 2.83. The van der Waals surface area contributed by atoms with E-state index in [4.69, 9.17) is 5.84 Å². The van der Waals surface area contributed by atoms with Crippen LogP contribution in [0.5, 0.6) is 0 Å². The molecular weight excluding hydrogens is 261 g/mol. The summed E-state index contributed by atoms with van der Waals surface area (Å²) in [6.07, 6.45) is -1.82. The predicted octanol–water partition coefficient (Wildman–Crippen LogP) is 3.62. The fraction of sp³-hybridized carbons (Fsp3) is 0.667. The van der Waals surface area contributed by atoms with E-state index in [1.165, 1.54) is 11.3 Å². The van der Waals surface area contributed by atoms with E-state index in [9.17, 15) is 13.2 Å². The zero-order valence-electron chi connectivity index (χ0n) is 9.91. The van der Waals surface area contributed by atoms with Gasteiger partial charge in [0.05, 0.1) is 12.0 Å². The molecule has 0 aliphatic heterocycles. The molecule has 3 unspecified atom stereocenters. The second-order valence-electron chi connectivity index (χ2n) is 4.76. The summed E-state index contributed by atoms with van der Waals surface area (Å²) in [4.78, 5) is 0.888. The number of nitrogens with two attached hydrogens (primary N) is 1. The van der Waals surface area contributed by atoms with Crippen molar-refractivity contribution >= 4 is 11.3 Å². The van der Waals surface area contributed by atoms with Crippen LogP contribution in [0.3, 0.4) is 0 Å². The highest BCUT2D eigenvalue weighted by Crippen LogP contribution is 2.46. The number of rotatable bonds is 3. The van der Waals surface area contributed by atoms with Gasteiger partial charge in [0.25, 0.3) is 0 Å². The molecule has 0 bridgehead atoms. The Morgan fingerprint density at radius 2 is 2.06 bits per heavy atom. The summed E-state index contributed by atoms with van der Waals surface area (Å²) in [5.41, 5.74) is 2.59. The van der Waals surface area contributed by atoms with E-state index in [0.29, 0.717) is 12.8 Å². The molecule has 1 fully saturated rings. The Morgan fingerprint density at radius 1 is 1.33 bits per heavy atom. The van der Waals surface area contributed by atoms with Crippen LogP contribution in [0.15, 0.2) is 17.5 Å². The van der Waals surface area contributed by atoms with Crippen molar-refractivity contribution in [3.05, 3.63) is 22.4 Å². The van der Waals surface area contributed by atoms with Crippen molar-refractivity contribution in [1.82, 2.24) is 5.43 Å². The monoisotopic (exact) mass is 278 g/mol. The minimum atomic E-state index is -4.13. The van der Waals surface area contributed by atoms with Crippen LogP contribution in [0.1, 0.15) is 36.6 Å². The summed E-state index contributed by atoms with van der Waals surface area (Å²) < 4.78 is 39.2. The molecule has 18 heavy (non-hydrogen) atoms. The fourth-order valence-corrected chi connectivity index (χ4v) is 3.71. The van der Waals surface area contributed by atoms with E-state index < -0.39 is 24.1 Å². The van der Waals surface area contributed by atoms with Crippen LogP contribution in [-0.4, -0.2) is 6.18 Å². The summed E-state index contributed by atoms with van der Waals surface area (Å²) >= 11 is 1.45. The Morgan fingerprint density at radius 3 is 2.61 bits per heavy atom. The van der Waals surface area contributed by atoms with Gasteiger partial charge in [-0.15, -0.1) is 11.3 Å². The lowest BCUT2D eigenvalue weighted by atomic mass is 9.74. The van der Waals surface area contributed by atoms with E-state index >= 15 is 0 Å². The third-order valence-electron chi connectivity index (χ3n) is 3.70. The normalized spacial score (nSPS) is 27.1. The first kappa shape index (κ1) is 13.8. The summed E-state index contributed by atoms with van der Waals surface area (Å²) in [6, 6.07) is 3.30. The van der Waals surface area contributed by atoms with Crippen molar-refractivity contribution in [2.45, 2.75) is 37.9 Å². The zero-order chi connectivity index (χ0) is 13.2. The van der Waals surface area contributed by atoms with E-state index in [1.54, 1.807) is 0 Å². The molecule has 1 heterocycles. The van der Waals surface area contributed by atoms with Gasteiger partial charge in [-0.25, -0.2) is 0 Å². The van der Waals surface area contributed by atoms with Gasteiger partial charge in [-0.1, -0.05) is 18.9 Å². The van der Waals surface area contributed by atoms with Crippen molar-refractivity contribution in [2.75, 3.05) is 0 Å². The Bertz CT molecular complexity index is 364. The fourth-order valence-electron chi connectivity index (χ4n) is 2.85. The molecule has 0 amide bonds. The van der Waals surface area contributed by atoms with Gasteiger partial charge in [0, 0.05) is 4.88 Å². The molecule has 3 atom stereocenters. The minimum absolute atomic E-state index is 0.220. The largest absolute Gasteiger partial charge is 0.392 e. The SMILES string of the molecule is NNC(c1cccs1)C1CCCCC1C(F)(F)F. The summed E-state index contributed by atoms with van der Waals surface area (Å²) in [5, 5.41) is 1.87. The van der Waals surface area contributed by atoms with Crippen molar-refractivity contribution < 1.29 is 13.2 Å². The molecule has 1 aromatic rings. The summed E-state index contributed by atoms with van der Waals surface area (Å²) in [5.74, 6) is 3.79. The molecule has 1 aromatic heterocycles. The second-order valence-corrected chi connectivity index (χ2v) is 5.74. The summed E-state index contributed by atoms with van der Waals surface area (Å²) in [7, 11) is 0. The van der Waals surface area contributed by atoms with Crippen molar-refractivity contribution in [3.63, 3.8) is 0 Å². The van der Waals surface area contributed by atoms with Crippen LogP contribution in [-0.2, 0) is 0 Å². The van der Waals surface area contributed by atoms with Crippen molar-refractivity contribution in [2.24, 2.45) is 17.7 Å². The van der Waals surface area contributed by atoms with Gasteiger partial charge in [-0.3, -0.25) is 11.3 Å². The molecule has 1 aliphatic carbocycles. The topological polar surface area (TPSA) is 38.0 Å². The van der Waals surface area contributed by atoms with Gasteiger partial charge in [-0.05, 0) is 30.2 Å². The molecule has 0 saturated heterocycles. The van der Waals surface area contributed by atoms with Crippen LogP contribution in [0.2, 0.25) is 0 Å². The number of hydrazine groups is 1. The highest BCUT2D eigenvalue weighted by atomic mass is 32.1. The maximum absolute atomic E-state index is 13.1. The lowest BCUT2D eigenvalue weighted by Crippen LogP contribution is -2.42. The van der Waals surface area contributed by atoms with E-state index in [1.807, 2.05) is 17.5 Å². The number of hydrogen-bond donors (Lipinski definition) is 2. The molecule has 1 saturated carbocycles. The van der Waals surface area contributed by atoms with Gasteiger partial charge in [0.1, 0.15) is 0 Å². The quantitative estimate of drug-likeness (QED) is 0.654. The molecule has 1 aliphatic rings. The maximum atomic E-state index is 13.1. The molecule has 0 aromatic carbocycles. The first-order valence-corrected chi connectivity index (χ1v) is 6.98. The number of hydrogen-bond acceptors (Lipinski definition) is 3. The Hall–Kier alpha value is -0.590. The number of alkyl halides is 3. The molecule has 102 valence electrons. The van der Waals surface area contributed by atoms with Crippen molar-refractivity contribution in [1.29, 1.82) is 0 Å². The number of halogens is 3. The molecule has 2 nitrogen and oxygen atoms in total. The Kier molecular flexibility index (Phi) is 4.29. The predicted molar refractivity (Wildman–Crippen MR) is 65.9 cm³/mol. The number of thiophene rings is 1. The lowest BCUT2D eigenvalue weighted by molar-refractivity contribution is -0.199. The molecule has 6 heteroatoms. The Balaban J connectivity index is 2.22. The first-order chi connectivity index (χ1) is 8.54. The highest BCUT2D eigenvalue weighted by Gasteiger charge is 2.48. The molecule has 0 spiro atoms. The molecule has 0 radical (unpaired) electrons. The number of nitrogens with one attached hydrogen (secondary N) is 1. The third kappa shape index (κ3) is 2.87. The first-order valence-electron chi connectivity index (χ1n) is 6.10. The van der Waals surface area contributed by atoms with E-state index in [0.717, 1.165) is 11.3 Å². The zero-order valence-corrected chi connectivity index (χ0v) is 10.7.